The molecule has 20 heavy (non-hydrogen) atoms. The Morgan fingerprint density at radius 2 is 1.90 bits per heavy atom. The van der Waals surface area contributed by atoms with Gasteiger partial charge in [0.1, 0.15) is 0 Å². The number of benzene rings is 1. The van der Waals surface area contributed by atoms with Gasteiger partial charge in [-0.25, -0.2) is 0 Å². The summed E-state index contributed by atoms with van der Waals surface area (Å²) in [4.78, 5) is 1.02. The van der Waals surface area contributed by atoms with Gasteiger partial charge in [0.25, 0.3) is 0 Å². The molecule has 0 unspecified atom stereocenters. The van der Waals surface area contributed by atoms with Crippen LogP contribution in [0.25, 0.3) is 0 Å². The molecule has 0 amide bonds. The maximum absolute atomic E-state index is 6.01. The number of thioether (sulfide) groups is 1. The van der Waals surface area contributed by atoms with Gasteiger partial charge < -0.3 is 4.42 Å². The van der Waals surface area contributed by atoms with E-state index in [0.717, 1.165) is 11.3 Å². The number of rotatable bonds is 5. The smallest absolute Gasteiger partial charge is 0.229 e. The Morgan fingerprint density at radius 1 is 1.15 bits per heavy atom. The molecule has 0 fully saturated rings. The van der Waals surface area contributed by atoms with Crippen molar-refractivity contribution in [2.24, 2.45) is 5.92 Å². The molecular formula is C14H16Cl2N2OS. The van der Waals surface area contributed by atoms with Gasteiger partial charge >= 0.3 is 0 Å². The molecule has 1 aromatic heterocycles. The predicted octanol–water partition coefficient (Wildman–Crippen LogP) is 5.43. The summed E-state index contributed by atoms with van der Waals surface area (Å²) in [6.45, 7) is 6.27. The summed E-state index contributed by atoms with van der Waals surface area (Å²) in [6.07, 6.45) is 0.803. The van der Waals surface area contributed by atoms with Gasteiger partial charge in [-0.2, -0.15) is 0 Å². The Labute approximate surface area is 133 Å². The van der Waals surface area contributed by atoms with Crippen LogP contribution in [0.15, 0.2) is 27.5 Å². The van der Waals surface area contributed by atoms with Crippen molar-refractivity contribution in [3.05, 3.63) is 40.0 Å². The monoisotopic (exact) mass is 330 g/mol. The number of halogens is 2. The number of nitrogens with zero attached hydrogens (tertiary/aromatic N) is 2. The van der Waals surface area contributed by atoms with E-state index in [2.05, 4.69) is 24.0 Å². The highest BCUT2D eigenvalue weighted by Crippen LogP contribution is 2.36. The first-order valence-electron chi connectivity index (χ1n) is 6.39. The molecule has 0 radical (unpaired) electrons. The van der Waals surface area contributed by atoms with Crippen LogP contribution in [0.4, 0.5) is 0 Å². The van der Waals surface area contributed by atoms with Crippen molar-refractivity contribution in [1.29, 1.82) is 0 Å². The molecule has 1 atom stereocenters. The van der Waals surface area contributed by atoms with E-state index in [9.17, 15) is 0 Å². The van der Waals surface area contributed by atoms with Crippen molar-refractivity contribution in [2.75, 3.05) is 0 Å². The van der Waals surface area contributed by atoms with Gasteiger partial charge in [-0.1, -0.05) is 37.0 Å². The normalized spacial score (nSPS) is 12.9. The van der Waals surface area contributed by atoms with Crippen LogP contribution in [-0.4, -0.2) is 10.2 Å². The third-order valence-corrected chi connectivity index (χ3v) is 4.44. The van der Waals surface area contributed by atoms with Gasteiger partial charge in [0, 0.05) is 11.3 Å². The van der Waals surface area contributed by atoms with Crippen molar-refractivity contribution in [1.82, 2.24) is 10.2 Å². The van der Waals surface area contributed by atoms with Gasteiger partial charge in [0.15, 0.2) is 0 Å². The molecule has 0 saturated carbocycles. The van der Waals surface area contributed by atoms with E-state index in [1.807, 2.05) is 19.1 Å². The van der Waals surface area contributed by atoms with E-state index >= 15 is 0 Å². The van der Waals surface area contributed by atoms with Crippen LogP contribution < -0.4 is 0 Å². The third kappa shape index (κ3) is 4.14. The summed E-state index contributed by atoms with van der Waals surface area (Å²) < 4.78 is 5.68. The minimum Gasteiger partial charge on any atom is -0.424 e. The molecule has 0 aliphatic heterocycles. The zero-order valence-corrected chi connectivity index (χ0v) is 13.9. The molecule has 0 saturated heterocycles. The summed E-state index contributed by atoms with van der Waals surface area (Å²) in [5, 5.41) is 9.36. The topological polar surface area (TPSA) is 38.9 Å². The summed E-state index contributed by atoms with van der Waals surface area (Å²) in [5.41, 5.74) is 0. The lowest BCUT2D eigenvalue weighted by Gasteiger charge is -2.07. The Morgan fingerprint density at radius 3 is 2.55 bits per heavy atom. The van der Waals surface area contributed by atoms with E-state index in [1.54, 1.807) is 17.8 Å². The summed E-state index contributed by atoms with van der Waals surface area (Å²) in [6, 6.07) is 5.56. The third-order valence-electron chi connectivity index (χ3n) is 2.62. The van der Waals surface area contributed by atoms with Crippen LogP contribution in [0.3, 0.4) is 0 Å². The predicted molar refractivity (Wildman–Crippen MR) is 83.6 cm³/mol. The first-order chi connectivity index (χ1) is 9.45. The number of hydrogen-bond donors (Lipinski definition) is 0. The van der Waals surface area contributed by atoms with Crippen LogP contribution >= 0.6 is 35.0 Å². The highest BCUT2D eigenvalue weighted by atomic mass is 35.5. The van der Waals surface area contributed by atoms with Crippen LogP contribution in [0.5, 0.6) is 0 Å². The fourth-order valence-electron chi connectivity index (χ4n) is 1.67. The molecule has 1 aromatic carbocycles. The van der Waals surface area contributed by atoms with Crippen molar-refractivity contribution < 1.29 is 4.42 Å². The van der Waals surface area contributed by atoms with Crippen molar-refractivity contribution >= 4 is 35.0 Å². The molecule has 0 aliphatic carbocycles. The minimum absolute atomic E-state index is 0.0701. The average Bonchev–Trinajstić information content (AvgIpc) is 2.81. The van der Waals surface area contributed by atoms with Crippen LogP contribution in [0, 0.1) is 5.92 Å². The molecule has 0 N–H and O–H groups in total. The number of hydrogen-bond acceptors (Lipinski definition) is 4. The fraction of sp³-hybridized carbons (Fsp3) is 0.429. The minimum atomic E-state index is 0.0701. The Bertz CT molecular complexity index is 586. The fourth-order valence-corrected chi connectivity index (χ4v) is 2.97. The van der Waals surface area contributed by atoms with Gasteiger partial charge in [0.05, 0.1) is 15.3 Å². The molecule has 0 aliphatic rings. The Hall–Kier alpha value is -0.710. The molecule has 6 heteroatoms. The molecule has 2 rings (SSSR count). The number of aromatic nitrogens is 2. The quantitative estimate of drug-likeness (QED) is 0.685. The first-order valence-corrected chi connectivity index (χ1v) is 8.03. The zero-order valence-electron chi connectivity index (χ0n) is 11.6. The van der Waals surface area contributed by atoms with E-state index in [4.69, 9.17) is 27.6 Å². The highest BCUT2D eigenvalue weighted by molar-refractivity contribution is 7.99. The Balaban J connectivity index is 2.05. The van der Waals surface area contributed by atoms with E-state index in [-0.39, 0.29) is 5.25 Å². The lowest BCUT2D eigenvalue weighted by molar-refractivity contribution is 0.426. The van der Waals surface area contributed by atoms with E-state index in [0.29, 0.717) is 27.7 Å². The van der Waals surface area contributed by atoms with Gasteiger partial charge in [-0.3, -0.25) is 0 Å². The van der Waals surface area contributed by atoms with E-state index < -0.39 is 0 Å². The SMILES string of the molecule is CC(C)Cc1nnc([C@@H](C)Sc2ccc(Cl)c(Cl)c2)o1. The standard InChI is InChI=1S/C14H16Cl2N2OS/c1-8(2)6-13-17-18-14(19-13)9(3)20-10-4-5-11(15)12(16)7-10/h4-5,7-9H,6H2,1-3H3/t9-/m1/s1. The molecule has 0 spiro atoms. The van der Waals surface area contributed by atoms with Gasteiger partial charge in [0.2, 0.25) is 11.8 Å². The van der Waals surface area contributed by atoms with Gasteiger partial charge in [-0.05, 0) is 31.0 Å². The van der Waals surface area contributed by atoms with Crippen molar-refractivity contribution in [3.8, 4) is 0 Å². The van der Waals surface area contributed by atoms with Gasteiger partial charge in [-0.15, -0.1) is 22.0 Å². The van der Waals surface area contributed by atoms with Crippen LogP contribution in [-0.2, 0) is 6.42 Å². The molecular weight excluding hydrogens is 315 g/mol. The van der Waals surface area contributed by atoms with Crippen LogP contribution in [0.2, 0.25) is 10.0 Å². The summed E-state index contributed by atoms with van der Waals surface area (Å²) in [7, 11) is 0. The second-order valence-electron chi connectivity index (χ2n) is 4.97. The van der Waals surface area contributed by atoms with Crippen LogP contribution in [0.1, 0.15) is 37.8 Å². The molecule has 1 heterocycles. The lowest BCUT2D eigenvalue weighted by Crippen LogP contribution is -1.93. The molecule has 2 aromatic rings. The van der Waals surface area contributed by atoms with E-state index in [1.165, 1.54) is 0 Å². The Kier molecular flexibility index (Phi) is 5.35. The maximum atomic E-state index is 6.01. The average molecular weight is 331 g/mol. The van der Waals surface area contributed by atoms with Crippen molar-refractivity contribution in [3.63, 3.8) is 0 Å². The highest BCUT2D eigenvalue weighted by Gasteiger charge is 2.16. The molecule has 0 bridgehead atoms. The first kappa shape index (κ1) is 15.7. The molecule has 3 nitrogen and oxygen atoms in total. The van der Waals surface area contributed by atoms with Crippen molar-refractivity contribution in [2.45, 2.75) is 37.3 Å². The summed E-state index contributed by atoms with van der Waals surface area (Å²) >= 11 is 13.5. The summed E-state index contributed by atoms with van der Waals surface area (Å²) in [5.74, 6) is 1.83. The second-order valence-corrected chi connectivity index (χ2v) is 7.20. The zero-order chi connectivity index (χ0) is 14.7. The lowest BCUT2D eigenvalue weighted by atomic mass is 10.1. The maximum Gasteiger partial charge on any atom is 0.229 e. The largest absolute Gasteiger partial charge is 0.424 e. The second kappa shape index (κ2) is 6.83. The molecule has 108 valence electrons.